The summed E-state index contributed by atoms with van der Waals surface area (Å²) >= 11 is 0. The molecule has 1 heterocycles. The first-order valence-electron chi connectivity index (χ1n) is 7.22. The van der Waals surface area contributed by atoms with E-state index in [4.69, 9.17) is 9.84 Å². The van der Waals surface area contributed by atoms with E-state index in [9.17, 15) is 22.8 Å². The number of methoxy groups -OCH3 is 1. The quantitative estimate of drug-likeness (QED) is 0.877. The van der Waals surface area contributed by atoms with E-state index in [1.165, 1.54) is 24.1 Å². The highest BCUT2D eigenvalue weighted by Gasteiger charge is 2.34. The first kappa shape index (κ1) is 17.9. The Bertz CT molecular complexity index is 634. The molecule has 1 saturated heterocycles. The Balaban J connectivity index is 2.04. The number of hydrogen-bond donors (Lipinski definition) is 2. The summed E-state index contributed by atoms with van der Waals surface area (Å²) in [5, 5.41) is 11.3. The first-order valence-corrected chi connectivity index (χ1v) is 7.22. The van der Waals surface area contributed by atoms with E-state index in [0.717, 1.165) is 6.07 Å². The molecular weight excluding hydrogens is 329 g/mol. The maximum Gasteiger partial charge on any atom is 0.416 e. The molecule has 132 valence electrons. The van der Waals surface area contributed by atoms with Crippen molar-refractivity contribution in [3.05, 3.63) is 29.3 Å². The van der Waals surface area contributed by atoms with Crippen LogP contribution in [0.15, 0.2) is 18.2 Å². The van der Waals surface area contributed by atoms with Crippen LogP contribution in [0.2, 0.25) is 0 Å². The fourth-order valence-electron chi connectivity index (χ4n) is 2.53. The predicted molar refractivity (Wildman–Crippen MR) is 77.5 cm³/mol. The van der Waals surface area contributed by atoms with Crippen LogP contribution in [0.25, 0.3) is 0 Å². The lowest BCUT2D eigenvalue weighted by Crippen LogP contribution is -2.38. The van der Waals surface area contributed by atoms with Crippen LogP contribution < -0.4 is 10.1 Å². The van der Waals surface area contributed by atoms with Crippen molar-refractivity contribution in [2.75, 3.05) is 20.2 Å². The first-order chi connectivity index (χ1) is 11.2. The van der Waals surface area contributed by atoms with Crippen LogP contribution in [-0.4, -0.2) is 42.2 Å². The minimum atomic E-state index is -4.57. The Kier molecular flexibility index (Phi) is 5.20. The molecule has 1 aliphatic heterocycles. The molecule has 6 nitrogen and oxygen atoms in total. The van der Waals surface area contributed by atoms with Crippen molar-refractivity contribution >= 4 is 12.0 Å². The van der Waals surface area contributed by atoms with Crippen LogP contribution in [0, 0.1) is 5.92 Å². The lowest BCUT2D eigenvalue weighted by atomic mass is 10.1. The van der Waals surface area contributed by atoms with E-state index in [0.29, 0.717) is 6.42 Å². The van der Waals surface area contributed by atoms with E-state index < -0.39 is 29.7 Å². The Labute approximate surface area is 136 Å². The highest BCUT2D eigenvalue weighted by molar-refractivity contribution is 5.77. The average molecular weight is 346 g/mol. The molecule has 1 unspecified atom stereocenters. The van der Waals surface area contributed by atoms with Crippen LogP contribution in [0.5, 0.6) is 5.75 Å². The van der Waals surface area contributed by atoms with Gasteiger partial charge in [-0.15, -0.1) is 0 Å². The number of rotatable bonds is 4. The zero-order valence-corrected chi connectivity index (χ0v) is 12.9. The molecule has 1 aromatic carbocycles. The number of aliphatic carboxylic acids is 1. The summed E-state index contributed by atoms with van der Waals surface area (Å²) in [6.07, 6.45) is -4.24. The van der Waals surface area contributed by atoms with E-state index in [2.05, 4.69) is 5.32 Å². The molecule has 0 aromatic heterocycles. The summed E-state index contributed by atoms with van der Waals surface area (Å²) in [5.74, 6) is -1.55. The van der Waals surface area contributed by atoms with Crippen LogP contribution in [0.1, 0.15) is 17.5 Å². The van der Waals surface area contributed by atoms with Gasteiger partial charge in [-0.05, 0) is 24.1 Å². The molecule has 0 aliphatic carbocycles. The van der Waals surface area contributed by atoms with E-state index in [1.54, 1.807) is 0 Å². The largest absolute Gasteiger partial charge is 0.497 e. The summed E-state index contributed by atoms with van der Waals surface area (Å²) in [4.78, 5) is 24.1. The number of ether oxygens (including phenoxy) is 1. The van der Waals surface area contributed by atoms with Crippen molar-refractivity contribution < 1.29 is 32.6 Å². The van der Waals surface area contributed by atoms with Crippen LogP contribution in [-0.2, 0) is 17.5 Å². The number of alkyl halides is 3. The fraction of sp³-hybridized carbons (Fsp3) is 0.467. The molecule has 2 amide bonds. The molecular formula is C15H17F3N2O4. The number of amides is 2. The zero-order chi connectivity index (χ0) is 17.9. The molecule has 9 heteroatoms. The molecule has 24 heavy (non-hydrogen) atoms. The Morgan fingerprint density at radius 2 is 2.12 bits per heavy atom. The third-order valence-corrected chi connectivity index (χ3v) is 3.88. The Morgan fingerprint density at radius 3 is 2.67 bits per heavy atom. The lowest BCUT2D eigenvalue weighted by Gasteiger charge is -2.19. The topological polar surface area (TPSA) is 78.9 Å². The number of carboxylic acid groups (broad SMARTS) is 1. The second-order valence-corrected chi connectivity index (χ2v) is 5.45. The van der Waals surface area contributed by atoms with Gasteiger partial charge in [-0.25, -0.2) is 4.79 Å². The maximum absolute atomic E-state index is 13.1. The van der Waals surface area contributed by atoms with Gasteiger partial charge in [0.25, 0.3) is 0 Å². The highest BCUT2D eigenvalue weighted by Crippen LogP contribution is 2.34. The molecule has 1 aliphatic rings. The standard InChI is InChI=1S/C15H17F3N2O4/c1-24-11-3-2-9(12(6-11)15(16,17)18)7-19-14(23)20-5-4-10(8-20)13(21)22/h2-3,6,10H,4-5,7-8H2,1H3,(H,19,23)(H,21,22). The molecule has 2 N–H and O–H groups in total. The molecule has 1 fully saturated rings. The number of halogens is 3. The Hall–Kier alpha value is -2.45. The number of carbonyl (C=O) groups is 2. The SMILES string of the molecule is COc1ccc(CNC(=O)N2CCC(C(=O)O)C2)c(C(F)(F)F)c1. The number of likely N-dealkylation sites (tertiary alicyclic amines) is 1. The minimum Gasteiger partial charge on any atom is -0.497 e. The number of carboxylic acids is 1. The number of hydrogen-bond acceptors (Lipinski definition) is 3. The van der Waals surface area contributed by atoms with Gasteiger partial charge < -0.3 is 20.1 Å². The number of benzene rings is 1. The second kappa shape index (κ2) is 6.98. The van der Waals surface area contributed by atoms with Crippen molar-refractivity contribution in [1.29, 1.82) is 0 Å². The van der Waals surface area contributed by atoms with Gasteiger partial charge in [0.05, 0.1) is 18.6 Å². The second-order valence-electron chi connectivity index (χ2n) is 5.45. The third-order valence-electron chi connectivity index (χ3n) is 3.88. The third kappa shape index (κ3) is 4.09. The molecule has 1 atom stereocenters. The fourth-order valence-corrected chi connectivity index (χ4v) is 2.53. The predicted octanol–water partition coefficient (Wildman–Crippen LogP) is 2.33. The number of urea groups is 1. The summed E-state index contributed by atoms with van der Waals surface area (Å²) in [7, 11) is 1.27. The number of nitrogens with one attached hydrogen (secondary N) is 1. The van der Waals surface area contributed by atoms with Gasteiger partial charge in [0.15, 0.2) is 0 Å². The van der Waals surface area contributed by atoms with Gasteiger partial charge in [0.1, 0.15) is 5.75 Å². The van der Waals surface area contributed by atoms with Gasteiger partial charge in [-0.1, -0.05) is 6.07 Å². The molecule has 2 rings (SSSR count). The van der Waals surface area contributed by atoms with Gasteiger partial charge >= 0.3 is 18.2 Å². The molecule has 0 saturated carbocycles. The van der Waals surface area contributed by atoms with Crippen LogP contribution in [0.4, 0.5) is 18.0 Å². The summed E-state index contributed by atoms with van der Waals surface area (Å²) < 4.78 is 44.1. The number of carbonyl (C=O) groups excluding carboxylic acids is 1. The molecule has 1 aromatic rings. The van der Waals surface area contributed by atoms with Gasteiger partial charge in [0, 0.05) is 19.6 Å². The van der Waals surface area contributed by atoms with Gasteiger partial charge in [-0.2, -0.15) is 13.2 Å². The van der Waals surface area contributed by atoms with Crippen LogP contribution >= 0.6 is 0 Å². The van der Waals surface area contributed by atoms with Crippen molar-refractivity contribution in [3.63, 3.8) is 0 Å². The lowest BCUT2D eigenvalue weighted by molar-refractivity contribution is -0.141. The number of nitrogens with zero attached hydrogens (tertiary/aromatic N) is 1. The van der Waals surface area contributed by atoms with Crippen LogP contribution in [0.3, 0.4) is 0 Å². The monoisotopic (exact) mass is 346 g/mol. The van der Waals surface area contributed by atoms with E-state index in [1.807, 2.05) is 0 Å². The van der Waals surface area contributed by atoms with Crippen molar-refractivity contribution in [3.8, 4) is 5.75 Å². The summed E-state index contributed by atoms with van der Waals surface area (Å²) in [5.41, 5.74) is -0.974. The van der Waals surface area contributed by atoms with E-state index >= 15 is 0 Å². The Morgan fingerprint density at radius 1 is 1.42 bits per heavy atom. The molecule has 0 bridgehead atoms. The van der Waals surface area contributed by atoms with E-state index in [-0.39, 0.29) is 30.9 Å². The molecule has 0 radical (unpaired) electrons. The average Bonchev–Trinajstić information content (AvgIpc) is 3.02. The smallest absolute Gasteiger partial charge is 0.416 e. The van der Waals surface area contributed by atoms with Gasteiger partial charge in [0.2, 0.25) is 0 Å². The van der Waals surface area contributed by atoms with Gasteiger partial charge in [-0.3, -0.25) is 4.79 Å². The minimum absolute atomic E-state index is 0.0515. The summed E-state index contributed by atoms with van der Waals surface area (Å²) in [6.45, 7) is -0.000638. The summed E-state index contributed by atoms with van der Waals surface area (Å²) in [6, 6.07) is 2.92. The molecule has 0 spiro atoms. The maximum atomic E-state index is 13.1. The van der Waals surface area contributed by atoms with Crippen molar-refractivity contribution in [2.24, 2.45) is 5.92 Å². The zero-order valence-electron chi connectivity index (χ0n) is 12.9. The normalized spacial score (nSPS) is 17.7. The highest BCUT2D eigenvalue weighted by atomic mass is 19.4. The van der Waals surface area contributed by atoms with Crippen molar-refractivity contribution in [2.45, 2.75) is 19.1 Å². The van der Waals surface area contributed by atoms with Crippen molar-refractivity contribution in [1.82, 2.24) is 10.2 Å².